The highest BCUT2D eigenvalue weighted by Crippen LogP contribution is 2.24. The van der Waals surface area contributed by atoms with Crippen molar-refractivity contribution in [1.29, 1.82) is 0 Å². The van der Waals surface area contributed by atoms with Crippen molar-refractivity contribution in [2.45, 2.75) is 46.6 Å². The van der Waals surface area contributed by atoms with Gasteiger partial charge in [-0.25, -0.2) is 9.97 Å². The minimum Gasteiger partial charge on any atom is -0.383 e. The van der Waals surface area contributed by atoms with Crippen molar-refractivity contribution >= 4 is 11.6 Å². The molecule has 5 heteroatoms. The van der Waals surface area contributed by atoms with E-state index >= 15 is 0 Å². The highest BCUT2D eigenvalue weighted by Gasteiger charge is 2.25. The van der Waals surface area contributed by atoms with E-state index in [1.807, 2.05) is 6.92 Å². The number of nitrogen functional groups attached to an aromatic ring is 1. The van der Waals surface area contributed by atoms with Crippen molar-refractivity contribution in [3.8, 4) is 0 Å². The first-order valence-electron chi connectivity index (χ1n) is 7.68. The van der Waals surface area contributed by atoms with Crippen molar-refractivity contribution in [3.63, 3.8) is 0 Å². The van der Waals surface area contributed by atoms with E-state index in [2.05, 4.69) is 35.6 Å². The number of nitrogens with two attached hydrogens (primary N) is 1. The SMILES string of the molecule is CCCc1nc(N)c(C)c(N2CCN(CC)C(C)C2)n1. The van der Waals surface area contributed by atoms with Crippen LogP contribution in [0.5, 0.6) is 0 Å². The summed E-state index contributed by atoms with van der Waals surface area (Å²) in [6.45, 7) is 12.9. The molecule has 2 heterocycles. The molecule has 112 valence electrons. The van der Waals surface area contributed by atoms with E-state index in [1.54, 1.807) is 0 Å². The Morgan fingerprint density at radius 2 is 2.00 bits per heavy atom. The molecule has 0 spiro atoms. The minimum atomic E-state index is 0.555. The molecule has 20 heavy (non-hydrogen) atoms. The lowest BCUT2D eigenvalue weighted by Crippen LogP contribution is -2.52. The molecule has 1 aromatic heterocycles. The van der Waals surface area contributed by atoms with Crippen molar-refractivity contribution in [2.24, 2.45) is 0 Å². The summed E-state index contributed by atoms with van der Waals surface area (Å²) in [5.74, 6) is 2.53. The summed E-state index contributed by atoms with van der Waals surface area (Å²) in [6.07, 6.45) is 1.93. The zero-order chi connectivity index (χ0) is 14.7. The second-order valence-corrected chi connectivity index (χ2v) is 5.65. The number of piperazine rings is 1. The Kier molecular flexibility index (Phi) is 4.81. The molecular formula is C15H27N5. The Morgan fingerprint density at radius 3 is 2.60 bits per heavy atom. The highest BCUT2D eigenvalue weighted by atomic mass is 15.3. The third-order valence-electron chi connectivity index (χ3n) is 4.15. The quantitative estimate of drug-likeness (QED) is 0.910. The number of rotatable bonds is 4. The maximum absolute atomic E-state index is 6.06. The fourth-order valence-electron chi connectivity index (χ4n) is 2.87. The van der Waals surface area contributed by atoms with Crippen LogP contribution in [0.25, 0.3) is 0 Å². The number of aromatic nitrogens is 2. The van der Waals surface area contributed by atoms with Crippen LogP contribution >= 0.6 is 0 Å². The van der Waals surface area contributed by atoms with Crippen molar-refractivity contribution in [1.82, 2.24) is 14.9 Å². The molecule has 0 aliphatic carbocycles. The van der Waals surface area contributed by atoms with Gasteiger partial charge in [0.2, 0.25) is 0 Å². The van der Waals surface area contributed by atoms with Crippen LogP contribution in [0.1, 0.15) is 38.6 Å². The maximum atomic E-state index is 6.06. The number of hydrogen-bond acceptors (Lipinski definition) is 5. The summed E-state index contributed by atoms with van der Waals surface area (Å²) in [4.78, 5) is 14.0. The van der Waals surface area contributed by atoms with Crippen molar-refractivity contribution in [2.75, 3.05) is 36.8 Å². The van der Waals surface area contributed by atoms with Gasteiger partial charge in [-0.1, -0.05) is 13.8 Å². The van der Waals surface area contributed by atoms with Crippen LogP contribution in [-0.4, -0.2) is 47.1 Å². The first-order chi connectivity index (χ1) is 9.56. The molecule has 2 rings (SSSR count). The minimum absolute atomic E-state index is 0.555. The van der Waals surface area contributed by atoms with Gasteiger partial charge in [0.15, 0.2) is 0 Å². The van der Waals surface area contributed by atoms with E-state index in [9.17, 15) is 0 Å². The summed E-state index contributed by atoms with van der Waals surface area (Å²) in [6, 6.07) is 0.555. The van der Waals surface area contributed by atoms with Crippen LogP contribution in [0.15, 0.2) is 0 Å². The summed E-state index contributed by atoms with van der Waals surface area (Å²) in [7, 11) is 0. The molecule has 1 aromatic rings. The molecule has 1 atom stereocenters. The Labute approximate surface area is 122 Å². The standard InChI is InChI=1S/C15H27N5/c1-5-7-13-17-14(16)12(4)15(18-13)20-9-8-19(6-2)11(3)10-20/h11H,5-10H2,1-4H3,(H2,16,17,18). The second-order valence-electron chi connectivity index (χ2n) is 5.65. The molecule has 0 aromatic carbocycles. The first kappa shape index (κ1) is 15.0. The van der Waals surface area contributed by atoms with Gasteiger partial charge in [-0.2, -0.15) is 0 Å². The lowest BCUT2D eigenvalue weighted by Gasteiger charge is -2.40. The molecular weight excluding hydrogens is 250 g/mol. The topological polar surface area (TPSA) is 58.3 Å². The average molecular weight is 277 g/mol. The van der Waals surface area contributed by atoms with E-state index in [4.69, 9.17) is 10.7 Å². The number of likely N-dealkylation sites (N-methyl/N-ethyl adjacent to an activating group) is 1. The van der Waals surface area contributed by atoms with Gasteiger partial charge in [-0.15, -0.1) is 0 Å². The largest absolute Gasteiger partial charge is 0.383 e. The lowest BCUT2D eigenvalue weighted by molar-refractivity contribution is 0.199. The van der Waals surface area contributed by atoms with Gasteiger partial charge in [0.25, 0.3) is 0 Å². The van der Waals surface area contributed by atoms with Crippen LogP contribution in [0.3, 0.4) is 0 Å². The summed E-state index contributed by atoms with van der Waals surface area (Å²) < 4.78 is 0. The maximum Gasteiger partial charge on any atom is 0.137 e. The van der Waals surface area contributed by atoms with E-state index in [0.717, 1.165) is 56.2 Å². The van der Waals surface area contributed by atoms with Crippen LogP contribution in [-0.2, 0) is 6.42 Å². The number of aryl methyl sites for hydroxylation is 1. The van der Waals surface area contributed by atoms with E-state index in [-0.39, 0.29) is 0 Å². The molecule has 1 unspecified atom stereocenters. The van der Waals surface area contributed by atoms with Gasteiger partial charge in [0.05, 0.1) is 0 Å². The first-order valence-corrected chi connectivity index (χ1v) is 7.68. The van der Waals surface area contributed by atoms with Gasteiger partial charge >= 0.3 is 0 Å². The monoisotopic (exact) mass is 277 g/mol. The van der Waals surface area contributed by atoms with Crippen LogP contribution in [0.4, 0.5) is 11.6 Å². The zero-order valence-corrected chi connectivity index (χ0v) is 13.2. The van der Waals surface area contributed by atoms with Gasteiger partial charge in [0, 0.05) is 37.7 Å². The summed E-state index contributed by atoms with van der Waals surface area (Å²) in [5.41, 5.74) is 7.07. The summed E-state index contributed by atoms with van der Waals surface area (Å²) >= 11 is 0. The van der Waals surface area contributed by atoms with Crippen molar-refractivity contribution in [3.05, 3.63) is 11.4 Å². The smallest absolute Gasteiger partial charge is 0.137 e. The number of nitrogens with zero attached hydrogens (tertiary/aromatic N) is 4. The van der Waals surface area contributed by atoms with Gasteiger partial charge in [-0.3, -0.25) is 4.90 Å². The Balaban J connectivity index is 2.24. The highest BCUT2D eigenvalue weighted by molar-refractivity contribution is 5.56. The Morgan fingerprint density at radius 1 is 1.25 bits per heavy atom. The van der Waals surface area contributed by atoms with Crippen molar-refractivity contribution < 1.29 is 0 Å². The lowest BCUT2D eigenvalue weighted by atomic mass is 10.1. The molecule has 0 bridgehead atoms. The van der Waals surface area contributed by atoms with E-state index in [1.165, 1.54) is 0 Å². The van der Waals surface area contributed by atoms with Gasteiger partial charge in [0.1, 0.15) is 17.5 Å². The third kappa shape index (κ3) is 3.03. The molecule has 2 N–H and O–H groups in total. The Hall–Kier alpha value is -1.36. The van der Waals surface area contributed by atoms with E-state index in [0.29, 0.717) is 11.9 Å². The van der Waals surface area contributed by atoms with Crippen LogP contribution < -0.4 is 10.6 Å². The molecule has 0 amide bonds. The molecule has 1 saturated heterocycles. The molecule has 5 nitrogen and oxygen atoms in total. The molecule has 1 aliphatic heterocycles. The Bertz CT molecular complexity index is 460. The van der Waals surface area contributed by atoms with E-state index < -0.39 is 0 Å². The molecule has 1 aliphatic rings. The molecule has 0 radical (unpaired) electrons. The average Bonchev–Trinajstić information content (AvgIpc) is 2.43. The van der Waals surface area contributed by atoms with Gasteiger partial charge < -0.3 is 10.6 Å². The molecule has 1 fully saturated rings. The normalized spacial score (nSPS) is 20.4. The fraction of sp³-hybridized carbons (Fsp3) is 0.733. The zero-order valence-electron chi connectivity index (χ0n) is 13.2. The predicted octanol–water partition coefficient (Wildman–Crippen LogP) is 1.85. The van der Waals surface area contributed by atoms with Crippen LogP contribution in [0.2, 0.25) is 0 Å². The summed E-state index contributed by atoms with van der Waals surface area (Å²) in [5, 5.41) is 0. The number of anilines is 2. The predicted molar refractivity (Wildman–Crippen MR) is 84.1 cm³/mol. The number of hydrogen-bond donors (Lipinski definition) is 1. The van der Waals surface area contributed by atoms with Crippen LogP contribution in [0, 0.1) is 6.92 Å². The van der Waals surface area contributed by atoms with Gasteiger partial charge in [-0.05, 0) is 26.8 Å². The molecule has 0 saturated carbocycles. The fourth-order valence-corrected chi connectivity index (χ4v) is 2.87. The second kappa shape index (κ2) is 6.39. The third-order valence-corrected chi connectivity index (χ3v) is 4.15.